The van der Waals surface area contributed by atoms with Crippen molar-refractivity contribution in [2.45, 2.75) is 13.0 Å². The molecule has 0 N–H and O–H groups in total. The Morgan fingerprint density at radius 3 is 2.20 bits per heavy atom. The third kappa shape index (κ3) is 3.30. The molecule has 0 aliphatic heterocycles. The molecule has 1 aromatic carbocycles. The summed E-state index contributed by atoms with van der Waals surface area (Å²) in [6, 6.07) is 11.1. The average Bonchev–Trinajstić information content (AvgIpc) is 2.33. The van der Waals surface area contributed by atoms with E-state index in [-0.39, 0.29) is 0 Å². The first-order valence-electron chi connectivity index (χ1n) is 5.11. The molecule has 0 unspecified atom stereocenters. The Morgan fingerprint density at radius 2 is 1.73 bits per heavy atom. The smallest absolute Gasteiger partial charge is 0.364 e. The van der Waals surface area contributed by atoms with E-state index < -0.39 is 8.56 Å². The van der Waals surface area contributed by atoms with Gasteiger partial charge in [0.15, 0.2) is 0 Å². The lowest BCUT2D eigenvalue weighted by Crippen LogP contribution is -2.37. The van der Waals surface area contributed by atoms with Crippen LogP contribution in [0.2, 0.25) is 6.04 Å². The van der Waals surface area contributed by atoms with Gasteiger partial charge in [0, 0.05) is 14.2 Å². The first-order valence-corrected chi connectivity index (χ1v) is 7.21. The van der Waals surface area contributed by atoms with E-state index in [1.54, 1.807) is 14.2 Å². The number of hydrogen-bond acceptors (Lipinski definition) is 2. The summed E-state index contributed by atoms with van der Waals surface area (Å²) >= 11 is 0. The first kappa shape index (κ1) is 12.2. The molecule has 82 valence electrons. The number of benzene rings is 1. The molecule has 1 aromatic rings. The van der Waals surface area contributed by atoms with E-state index in [0.717, 1.165) is 6.04 Å². The van der Waals surface area contributed by atoms with Gasteiger partial charge in [-0.1, -0.05) is 43.3 Å². The van der Waals surface area contributed by atoms with Gasteiger partial charge in [0.2, 0.25) is 0 Å². The minimum Gasteiger partial charge on any atom is -0.395 e. The van der Waals surface area contributed by atoms with Crippen molar-refractivity contribution in [3.63, 3.8) is 0 Å². The average molecular weight is 222 g/mol. The van der Waals surface area contributed by atoms with Crippen molar-refractivity contribution in [3.05, 3.63) is 41.6 Å². The summed E-state index contributed by atoms with van der Waals surface area (Å²) in [4.78, 5) is 0. The fourth-order valence-electron chi connectivity index (χ4n) is 1.41. The Hall–Kier alpha value is -0.903. The van der Waals surface area contributed by atoms with Crippen molar-refractivity contribution in [3.8, 4) is 0 Å². The van der Waals surface area contributed by atoms with E-state index in [9.17, 15) is 0 Å². The molecule has 0 spiro atoms. The zero-order valence-electron chi connectivity index (χ0n) is 9.57. The molecule has 3 heteroatoms. The van der Waals surface area contributed by atoms with Crippen LogP contribution in [0.3, 0.4) is 0 Å². The quantitative estimate of drug-likeness (QED) is 0.713. The highest BCUT2D eigenvalue weighted by Crippen LogP contribution is 2.14. The third-order valence-electron chi connectivity index (χ3n) is 2.51. The van der Waals surface area contributed by atoms with Gasteiger partial charge in [0.05, 0.1) is 0 Å². The number of hydrogen-bond donors (Lipinski definition) is 0. The molecule has 0 atom stereocenters. The Morgan fingerprint density at radius 1 is 1.13 bits per heavy atom. The lowest BCUT2D eigenvalue weighted by atomic mass is 10.2. The van der Waals surface area contributed by atoms with Crippen molar-refractivity contribution >= 4 is 14.6 Å². The molecule has 0 aromatic heterocycles. The van der Waals surface area contributed by atoms with Gasteiger partial charge >= 0.3 is 8.56 Å². The maximum atomic E-state index is 5.49. The predicted molar refractivity (Wildman–Crippen MR) is 65.7 cm³/mol. The second-order valence-electron chi connectivity index (χ2n) is 3.32. The molecule has 0 aliphatic rings. The van der Waals surface area contributed by atoms with Crippen LogP contribution in [0.25, 0.3) is 6.08 Å². The standard InChI is InChI=1S/C12H18O2Si/c1-4-15(13-2,14-3)11-10-12-8-6-5-7-9-12/h5-11H,4H2,1-3H3/b11-10+. The summed E-state index contributed by atoms with van der Waals surface area (Å²) in [7, 11) is 1.35. The van der Waals surface area contributed by atoms with Crippen LogP contribution < -0.4 is 0 Å². The van der Waals surface area contributed by atoms with E-state index in [1.807, 2.05) is 18.2 Å². The lowest BCUT2D eigenvalue weighted by molar-refractivity contribution is 0.257. The highest BCUT2D eigenvalue weighted by Gasteiger charge is 2.29. The topological polar surface area (TPSA) is 18.5 Å². The molecule has 0 aliphatic carbocycles. The normalized spacial score (nSPS) is 12.2. The third-order valence-corrected chi connectivity index (χ3v) is 5.56. The highest BCUT2D eigenvalue weighted by atomic mass is 28.4. The van der Waals surface area contributed by atoms with Gasteiger partial charge in [-0.3, -0.25) is 0 Å². The van der Waals surface area contributed by atoms with Crippen molar-refractivity contribution in [1.82, 2.24) is 0 Å². The Bertz CT molecular complexity index is 296. The monoisotopic (exact) mass is 222 g/mol. The predicted octanol–water partition coefficient (Wildman–Crippen LogP) is 2.99. The van der Waals surface area contributed by atoms with Crippen LogP contribution in [0.4, 0.5) is 0 Å². The van der Waals surface area contributed by atoms with Crippen LogP contribution in [0, 0.1) is 0 Å². The van der Waals surface area contributed by atoms with Crippen LogP contribution in [-0.2, 0) is 8.85 Å². The van der Waals surface area contributed by atoms with Crippen LogP contribution in [0.1, 0.15) is 12.5 Å². The summed E-state index contributed by atoms with van der Waals surface area (Å²) in [6.07, 6.45) is 2.07. The van der Waals surface area contributed by atoms with Crippen molar-refractivity contribution in [2.75, 3.05) is 14.2 Å². The van der Waals surface area contributed by atoms with E-state index in [4.69, 9.17) is 8.85 Å². The molecule has 0 radical (unpaired) electrons. The molecule has 0 saturated carbocycles. The molecule has 2 nitrogen and oxygen atoms in total. The van der Waals surface area contributed by atoms with Gasteiger partial charge in [-0.05, 0) is 17.3 Å². The summed E-state index contributed by atoms with van der Waals surface area (Å²) in [5.41, 5.74) is 3.26. The maximum Gasteiger partial charge on any atom is 0.364 e. The fourth-order valence-corrected chi connectivity index (χ4v) is 3.11. The molecule has 0 amide bonds. The van der Waals surface area contributed by atoms with E-state index in [1.165, 1.54) is 5.56 Å². The second-order valence-corrected chi connectivity index (χ2v) is 6.80. The Balaban J connectivity index is 2.79. The van der Waals surface area contributed by atoms with Crippen LogP contribution >= 0.6 is 0 Å². The van der Waals surface area contributed by atoms with E-state index in [0.29, 0.717) is 0 Å². The van der Waals surface area contributed by atoms with Crippen molar-refractivity contribution < 1.29 is 8.85 Å². The molecular weight excluding hydrogens is 204 g/mol. The SMILES string of the molecule is CC[Si](/C=C/c1ccccc1)(OC)OC. The summed E-state index contributed by atoms with van der Waals surface area (Å²) in [5, 5.41) is 0. The van der Waals surface area contributed by atoms with Gasteiger partial charge in [0.25, 0.3) is 0 Å². The van der Waals surface area contributed by atoms with Crippen LogP contribution in [0.15, 0.2) is 36.0 Å². The number of rotatable bonds is 5. The molecule has 1 rings (SSSR count). The van der Waals surface area contributed by atoms with E-state index >= 15 is 0 Å². The van der Waals surface area contributed by atoms with Crippen molar-refractivity contribution in [1.29, 1.82) is 0 Å². The van der Waals surface area contributed by atoms with Crippen molar-refractivity contribution in [2.24, 2.45) is 0 Å². The summed E-state index contributed by atoms with van der Waals surface area (Å²) in [5.74, 6) is 0. The zero-order chi connectivity index (χ0) is 11.1. The molecule has 0 saturated heterocycles. The second kappa shape index (κ2) is 5.85. The molecule has 0 heterocycles. The first-order chi connectivity index (χ1) is 7.26. The van der Waals surface area contributed by atoms with Gasteiger partial charge in [-0.25, -0.2) is 0 Å². The van der Waals surface area contributed by atoms with E-state index in [2.05, 4.69) is 30.8 Å². The van der Waals surface area contributed by atoms with Gasteiger partial charge in [-0.15, -0.1) is 0 Å². The molecular formula is C12H18O2Si. The largest absolute Gasteiger partial charge is 0.395 e. The lowest BCUT2D eigenvalue weighted by Gasteiger charge is -2.21. The Kier molecular flexibility index (Phi) is 4.75. The Labute approximate surface area is 92.8 Å². The maximum absolute atomic E-state index is 5.49. The van der Waals surface area contributed by atoms with Crippen LogP contribution in [0.5, 0.6) is 0 Å². The summed E-state index contributed by atoms with van der Waals surface area (Å²) in [6.45, 7) is 2.09. The summed E-state index contributed by atoms with van der Waals surface area (Å²) < 4.78 is 11.0. The zero-order valence-corrected chi connectivity index (χ0v) is 10.6. The minimum absolute atomic E-state index is 0.920. The van der Waals surface area contributed by atoms with Gasteiger partial charge in [-0.2, -0.15) is 0 Å². The fraction of sp³-hybridized carbons (Fsp3) is 0.333. The van der Waals surface area contributed by atoms with Gasteiger partial charge in [0.1, 0.15) is 0 Å². The molecule has 15 heavy (non-hydrogen) atoms. The minimum atomic E-state index is -2.08. The molecule has 0 bridgehead atoms. The molecule has 0 fully saturated rings. The van der Waals surface area contributed by atoms with Gasteiger partial charge < -0.3 is 8.85 Å². The van der Waals surface area contributed by atoms with Crippen LogP contribution in [-0.4, -0.2) is 22.8 Å². The highest BCUT2D eigenvalue weighted by molar-refractivity contribution is 6.73.